The van der Waals surface area contributed by atoms with Crippen LogP contribution >= 0.6 is 0 Å². The summed E-state index contributed by atoms with van der Waals surface area (Å²) in [5.41, 5.74) is 0.323. The second-order valence-electron chi connectivity index (χ2n) is 8.21. The van der Waals surface area contributed by atoms with Gasteiger partial charge in [0.15, 0.2) is 21.0 Å². The third kappa shape index (κ3) is 6.59. The Bertz CT molecular complexity index is 1220. The first kappa shape index (κ1) is 28.0. The average molecular weight is 551 g/mol. The molecule has 1 aliphatic heterocycles. The lowest BCUT2D eigenvalue weighted by atomic mass is 9.98. The minimum Gasteiger partial charge on any atom is -0.346 e. The molecule has 3 rings (SSSR count). The molecule has 1 aromatic carbocycles. The van der Waals surface area contributed by atoms with Crippen LogP contribution < -0.4 is 9.62 Å². The highest BCUT2D eigenvalue weighted by Gasteiger charge is 2.42. The van der Waals surface area contributed by atoms with Gasteiger partial charge in [0, 0.05) is 31.9 Å². The lowest BCUT2D eigenvalue weighted by Crippen LogP contribution is -2.44. The Balaban J connectivity index is 1.60. The Morgan fingerprint density at radius 1 is 1.22 bits per heavy atom. The summed E-state index contributed by atoms with van der Waals surface area (Å²) in [6.07, 6.45) is -3.46. The molecule has 2 aromatic rings. The molecule has 1 fully saturated rings. The smallest absolute Gasteiger partial charge is 0.346 e. The number of hydrogen-bond donors (Lipinski definition) is 1. The third-order valence-corrected chi connectivity index (χ3v) is 9.08. The number of carbonyl (C=O) groups excluding carboxylic acids is 1. The van der Waals surface area contributed by atoms with E-state index in [2.05, 4.69) is 10.3 Å². The molecule has 36 heavy (non-hydrogen) atoms. The van der Waals surface area contributed by atoms with Gasteiger partial charge in [-0.3, -0.25) is 14.1 Å². The molecule has 1 amide bonds. The summed E-state index contributed by atoms with van der Waals surface area (Å²) < 4.78 is 92.3. The van der Waals surface area contributed by atoms with Crippen molar-refractivity contribution >= 4 is 32.6 Å². The van der Waals surface area contributed by atoms with Crippen LogP contribution in [0.2, 0.25) is 0 Å². The molecule has 1 saturated heterocycles. The molecule has 0 aliphatic carbocycles. The van der Waals surface area contributed by atoms with Crippen LogP contribution in [-0.2, 0) is 27.6 Å². The minimum atomic E-state index is -4.29. The number of amides is 1. The van der Waals surface area contributed by atoms with Gasteiger partial charge in [-0.25, -0.2) is 21.3 Å². The second kappa shape index (κ2) is 11.2. The van der Waals surface area contributed by atoms with E-state index >= 15 is 0 Å². The summed E-state index contributed by atoms with van der Waals surface area (Å²) in [4.78, 5) is 16.5. The first-order valence-electron chi connectivity index (χ1n) is 11.1. The first-order chi connectivity index (χ1) is 16.8. The second-order valence-corrected chi connectivity index (χ2v) is 12.0. The van der Waals surface area contributed by atoms with E-state index in [-0.39, 0.29) is 54.4 Å². The number of piperidine rings is 1. The van der Waals surface area contributed by atoms with E-state index in [1.54, 1.807) is 0 Å². The van der Waals surface area contributed by atoms with Crippen LogP contribution in [0.4, 0.5) is 23.2 Å². The van der Waals surface area contributed by atoms with Crippen molar-refractivity contribution in [3.05, 3.63) is 53.6 Å². The zero-order valence-electron chi connectivity index (χ0n) is 19.6. The van der Waals surface area contributed by atoms with Gasteiger partial charge in [-0.05, 0) is 43.2 Å². The zero-order chi connectivity index (χ0) is 26.7. The van der Waals surface area contributed by atoms with Crippen LogP contribution in [-0.4, -0.2) is 59.9 Å². The molecule has 1 aromatic heterocycles. The number of nitrogens with one attached hydrogen (secondary N) is 1. The maximum absolute atomic E-state index is 14.8. The van der Waals surface area contributed by atoms with Gasteiger partial charge in [-0.15, -0.1) is 0 Å². The quantitative estimate of drug-likeness (QED) is 0.509. The highest BCUT2D eigenvalue weighted by molar-refractivity contribution is 7.91. The minimum absolute atomic E-state index is 0.00777. The number of halogens is 4. The number of hydrogen-bond acceptors (Lipinski definition) is 5. The van der Waals surface area contributed by atoms with Crippen molar-refractivity contribution in [1.29, 1.82) is 0 Å². The van der Waals surface area contributed by atoms with E-state index in [0.29, 0.717) is 5.69 Å². The number of carbonyl (C=O) groups is 1. The Morgan fingerprint density at radius 3 is 2.42 bits per heavy atom. The van der Waals surface area contributed by atoms with Gasteiger partial charge in [0.1, 0.15) is 5.82 Å². The number of benzene rings is 1. The van der Waals surface area contributed by atoms with Crippen molar-refractivity contribution in [3.63, 3.8) is 0 Å². The van der Waals surface area contributed by atoms with Crippen LogP contribution in [0.3, 0.4) is 0 Å². The fraction of sp³-hybridized carbons (Fsp3) is 0.455. The highest BCUT2D eigenvalue weighted by Crippen LogP contribution is 2.35. The normalized spacial score (nSPS) is 16.5. The van der Waals surface area contributed by atoms with Crippen molar-refractivity contribution in [2.24, 2.45) is 5.92 Å². The number of anilines is 1. The van der Waals surface area contributed by atoms with Gasteiger partial charge in [-0.1, -0.05) is 6.92 Å². The maximum atomic E-state index is 14.8. The van der Waals surface area contributed by atoms with Gasteiger partial charge in [-0.2, -0.15) is 13.2 Å². The van der Waals surface area contributed by atoms with E-state index in [9.17, 15) is 35.0 Å². The van der Waals surface area contributed by atoms with E-state index in [1.807, 2.05) is 0 Å². The van der Waals surface area contributed by atoms with E-state index in [4.69, 9.17) is 0 Å². The Morgan fingerprint density at radius 2 is 1.89 bits per heavy atom. The molecule has 1 N–H and O–H groups in total. The number of alkyl halides is 3. The molecular formula is C22H26F4N4O4S2. The molecule has 1 atom stereocenters. The van der Waals surface area contributed by atoms with E-state index < -0.39 is 44.8 Å². The predicted octanol–water partition coefficient (Wildman–Crippen LogP) is 3.23. The topological polar surface area (TPSA) is 99.7 Å². The summed E-state index contributed by atoms with van der Waals surface area (Å²) in [7, 11) is -2.03. The van der Waals surface area contributed by atoms with Crippen molar-refractivity contribution < 1.29 is 35.0 Å². The fourth-order valence-corrected chi connectivity index (χ4v) is 5.65. The SMILES string of the molecule is CCS(=O)(=O)c1ccc(CNC(=O)c2ccc(N(C)S(=O)N3CCC(C(F)(F)F)CC3)c(F)c2)nc1. The number of sulfone groups is 1. The van der Waals surface area contributed by atoms with Crippen LogP contribution in [0, 0.1) is 11.7 Å². The third-order valence-electron chi connectivity index (χ3n) is 5.89. The van der Waals surface area contributed by atoms with E-state index in [0.717, 1.165) is 10.4 Å². The zero-order valence-corrected chi connectivity index (χ0v) is 21.2. The monoisotopic (exact) mass is 550 g/mol. The predicted molar refractivity (Wildman–Crippen MR) is 126 cm³/mol. The Labute approximate surface area is 209 Å². The fourth-order valence-electron chi connectivity index (χ4n) is 3.64. The molecule has 198 valence electrons. The molecule has 1 aliphatic rings. The van der Waals surface area contributed by atoms with Crippen molar-refractivity contribution in [2.45, 2.75) is 37.4 Å². The van der Waals surface area contributed by atoms with Gasteiger partial charge in [0.2, 0.25) is 0 Å². The van der Waals surface area contributed by atoms with Crippen LogP contribution in [0.25, 0.3) is 0 Å². The maximum Gasteiger partial charge on any atom is 0.391 e. The molecule has 0 bridgehead atoms. The summed E-state index contributed by atoms with van der Waals surface area (Å²) in [5.74, 6) is -2.93. The van der Waals surface area contributed by atoms with Crippen LogP contribution in [0.5, 0.6) is 0 Å². The largest absolute Gasteiger partial charge is 0.391 e. The molecule has 0 spiro atoms. The standard InChI is InChI=1S/C22H26F4N4O4S2/c1-3-36(33,34)18-6-5-17(27-14-18)13-28-21(31)15-4-7-20(19(23)12-15)29(2)35(32)30-10-8-16(9-11-30)22(24,25)26/h4-7,12,14,16H,3,8-11,13H2,1-2H3,(H,28,31). The number of rotatable bonds is 8. The highest BCUT2D eigenvalue weighted by atomic mass is 32.2. The molecule has 1 unspecified atom stereocenters. The molecule has 0 saturated carbocycles. The molecular weight excluding hydrogens is 524 g/mol. The number of pyridine rings is 1. The number of nitrogens with zero attached hydrogens (tertiary/aromatic N) is 3. The van der Waals surface area contributed by atoms with Crippen molar-refractivity contribution in [2.75, 3.05) is 30.2 Å². The van der Waals surface area contributed by atoms with Crippen LogP contribution in [0.1, 0.15) is 35.8 Å². The van der Waals surface area contributed by atoms with E-state index in [1.165, 1.54) is 48.7 Å². The lowest BCUT2D eigenvalue weighted by molar-refractivity contribution is -0.182. The van der Waals surface area contributed by atoms with Crippen LogP contribution in [0.15, 0.2) is 41.4 Å². The Hall–Kier alpha value is -2.58. The number of aromatic nitrogens is 1. The summed E-state index contributed by atoms with van der Waals surface area (Å²) in [5, 5.41) is 2.56. The molecule has 14 heteroatoms. The molecule has 2 heterocycles. The van der Waals surface area contributed by atoms with Gasteiger partial charge >= 0.3 is 6.18 Å². The molecule has 0 radical (unpaired) electrons. The summed E-state index contributed by atoms with van der Waals surface area (Å²) >= 11 is -1.90. The lowest BCUT2D eigenvalue weighted by Gasteiger charge is -2.34. The summed E-state index contributed by atoms with van der Waals surface area (Å²) in [6, 6.07) is 6.44. The molecule has 8 nitrogen and oxygen atoms in total. The average Bonchev–Trinajstić information content (AvgIpc) is 2.86. The first-order valence-corrected chi connectivity index (χ1v) is 13.8. The van der Waals surface area contributed by atoms with Gasteiger partial charge in [0.25, 0.3) is 5.91 Å². The van der Waals surface area contributed by atoms with Gasteiger partial charge in [0.05, 0.1) is 34.5 Å². The summed E-state index contributed by atoms with van der Waals surface area (Å²) in [6.45, 7) is 1.42. The van der Waals surface area contributed by atoms with Gasteiger partial charge < -0.3 is 5.32 Å². The Kier molecular flexibility index (Phi) is 8.72. The van der Waals surface area contributed by atoms with Crippen molar-refractivity contribution in [3.8, 4) is 0 Å². The van der Waals surface area contributed by atoms with Crippen molar-refractivity contribution in [1.82, 2.24) is 14.6 Å².